The lowest BCUT2D eigenvalue weighted by atomic mass is 10.0. The lowest BCUT2D eigenvalue weighted by Gasteiger charge is -2.11. The number of carbonyl (C=O) groups is 1. The van der Waals surface area contributed by atoms with E-state index in [4.69, 9.17) is 0 Å². The minimum absolute atomic E-state index is 0.132. The lowest BCUT2D eigenvalue weighted by Crippen LogP contribution is -2.18. The number of hydrogen-bond acceptors (Lipinski definition) is 2. The maximum atomic E-state index is 11.9. The van der Waals surface area contributed by atoms with Crippen LogP contribution < -0.4 is 10.6 Å². The smallest absolute Gasteiger partial charge is 0.224 e. The summed E-state index contributed by atoms with van der Waals surface area (Å²) in [6, 6.07) is 6.16. The molecule has 1 aliphatic rings. The van der Waals surface area contributed by atoms with E-state index in [1.165, 1.54) is 11.1 Å². The van der Waals surface area contributed by atoms with E-state index in [1.807, 2.05) is 6.07 Å². The first kappa shape index (κ1) is 13.1. The molecule has 98 valence electrons. The number of rotatable bonds is 4. The molecule has 18 heavy (non-hydrogen) atoms. The third kappa shape index (κ3) is 3.33. The fourth-order valence-corrected chi connectivity index (χ4v) is 2.53. The number of aryl methyl sites for hydroxylation is 2. The number of carbonyl (C=O) groups excluding carboxylic acids is 1. The van der Waals surface area contributed by atoms with Crippen LogP contribution in [-0.4, -0.2) is 19.0 Å². The molecule has 1 amide bonds. The van der Waals surface area contributed by atoms with Crippen molar-refractivity contribution in [1.82, 2.24) is 5.32 Å². The summed E-state index contributed by atoms with van der Waals surface area (Å²) in [5, 5.41) is 6.28. The SMILES string of the molecule is CCc1ccc(NC(=O)CC2CCNC2)cc1C. The first-order valence-corrected chi connectivity index (χ1v) is 6.79. The van der Waals surface area contributed by atoms with Gasteiger partial charge in [-0.3, -0.25) is 4.79 Å². The predicted molar refractivity (Wildman–Crippen MR) is 74.8 cm³/mol. The Morgan fingerprint density at radius 3 is 2.94 bits per heavy atom. The Morgan fingerprint density at radius 1 is 1.50 bits per heavy atom. The van der Waals surface area contributed by atoms with Crippen LogP contribution >= 0.6 is 0 Å². The largest absolute Gasteiger partial charge is 0.326 e. The van der Waals surface area contributed by atoms with Gasteiger partial charge < -0.3 is 10.6 Å². The highest BCUT2D eigenvalue weighted by molar-refractivity contribution is 5.91. The summed E-state index contributed by atoms with van der Waals surface area (Å²) < 4.78 is 0. The van der Waals surface area contributed by atoms with E-state index in [0.29, 0.717) is 12.3 Å². The van der Waals surface area contributed by atoms with E-state index >= 15 is 0 Å². The van der Waals surface area contributed by atoms with Crippen LogP contribution in [0.25, 0.3) is 0 Å². The van der Waals surface area contributed by atoms with Gasteiger partial charge in [0.05, 0.1) is 0 Å². The second-order valence-corrected chi connectivity index (χ2v) is 5.11. The molecule has 1 aromatic rings. The first-order valence-electron chi connectivity index (χ1n) is 6.79. The number of anilines is 1. The number of hydrogen-bond donors (Lipinski definition) is 2. The molecule has 3 nitrogen and oxygen atoms in total. The molecule has 1 fully saturated rings. The lowest BCUT2D eigenvalue weighted by molar-refractivity contribution is -0.116. The van der Waals surface area contributed by atoms with Gasteiger partial charge in [-0.2, -0.15) is 0 Å². The maximum absolute atomic E-state index is 11.9. The minimum atomic E-state index is 0.132. The Morgan fingerprint density at radius 2 is 2.33 bits per heavy atom. The highest BCUT2D eigenvalue weighted by Gasteiger charge is 2.17. The molecule has 1 unspecified atom stereocenters. The number of nitrogens with one attached hydrogen (secondary N) is 2. The zero-order valence-corrected chi connectivity index (χ0v) is 11.3. The fourth-order valence-electron chi connectivity index (χ4n) is 2.53. The standard InChI is InChI=1S/C15H22N2O/c1-3-13-4-5-14(8-11(13)2)17-15(18)9-12-6-7-16-10-12/h4-5,8,12,16H,3,6-7,9-10H2,1-2H3,(H,17,18). The van der Waals surface area contributed by atoms with Crippen LogP contribution in [0.4, 0.5) is 5.69 Å². The van der Waals surface area contributed by atoms with Crippen LogP contribution in [0.5, 0.6) is 0 Å². The second kappa shape index (κ2) is 6.01. The Balaban J connectivity index is 1.92. The van der Waals surface area contributed by atoms with E-state index in [2.05, 4.69) is 36.6 Å². The molecule has 1 saturated heterocycles. The summed E-state index contributed by atoms with van der Waals surface area (Å²) >= 11 is 0. The Bertz CT molecular complexity index is 423. The molecule has 2 N–H and O–H groups in total. The van der Waals surface area contributed by atoms with Gasteiger partial charge in [-0.1, -0.05) is 13.0 Å². The van der Waals surface area contributed by atoms with Crippen LogP contribution in [0.2, 0.25) is 0 Å². The second-order valence-electron chi connectivity index (χ2n) is 5.11. The van der Waals surface area contributed by atoms with Crippen molar-refractivity contribution in [1.29, 1.82) is 0 Å². The highest BCUT2D eigenvalue weighted by Crippen LogP contribution is 2.17. The predicted octanol–water partition coefficient (Wildman–Crippen LogP) is 2.50. The van der Waals surface area contributed by atoms with Crippen molar-refractivity contribution in [3.8, 4) is 0 Å². The minimum Gasteiger partial charge on any atom is -0.326 e. The van der Waals surface area contributed by atoms with E-state index in [1.54, 1.807) is 0 Å². The van der Waals surface area contributed by atoms with Gasteiger partial charge in [-0.25, -0.2) is 0 Å². The van der Waals surface area contributed by atoms with Crippen molar-refractivity contribution in [3.63, 3.8) is 0 Å². The summed E-state index contributed by atoms with van der Waals surface area (Å²) in [5.74, 6) is 0.633. The number of amides is 1. The maximum Gasteiger partial charge on any atom is 0.224 e. The highest BCUT2D eigenvalue weighted by atomic mass is 16.1. The van der Waals surface area contributed by atoms with E-state index < -0.39 is 0 Å². The molecule has 0 saturated carbocycles. The molecule has 1 aliphatic heterocycles. The van der Waals surface area contributed by atoms with Gasteiger partial charge in [-0.05, 0) is 62.0 Å². The molecular formula is C15H22N2O. The molecular weight excluding hydrogens is 224 g/mol. The van der Waals surface area contributed by atoms with Crippen molar-refractivity contribution >= 4 is 11.6 Å². The van der Waals surface area contributed by atoms with E-state index in [-0.39, 0.29) is 5.91 Å². The summed E-state index contributed by atoms with van der Waals surface area (Å²) in [5.41, 5.74) is 3.51. The topological polar surface area (TPSA) is 41.1 Å². The molecule has 0 aliphatic carbocycles. The summed E-state index contributed by atoms with van der Waals surface area (Å²) in [7, 11) is 0. The van der Waals surface area contributed by atoms with Gasteiger partial charge in [0.15, 0.2) is 0 Å². The molecule has 3 heteroatoms. The van der Waals surface area contributed by atoms with Crippen LogP contribution in [0.15, 0.2) is 18.2 Å². The van der Waals surface area contributed by atoms with Crippen molar-refractivity contribution < 1.29 is 4.79 Å². The Kier molecular flexibility index (Phi) is 4.37. The average molecular weight is 246 g/mol. The monoisotopic (exact) mass is 246 g/mol. The van der Waals surface area contributed by atoms with Crippen molar-refractivity contribution in [3.05, 3.63) is 29.3 Å². The Labute approximate surface area is 109 Å². The molecule has 0 aromatic heterocycles. The van der Waals surface area contributed by atoms with E-state index in [9.17, 15) is 4.79 Å². The molecule has 2 rings (SSSR count). The van der Waals surface area contributed by atoms with Crippen LogP contribution in [0, 0.1) is 12.8 Å². The summed E-state index contributed by atoms with van der Waals surface area (Å²) in [4.78, 5) is 11.9. The molecule has 1 aromatic carbocycles. The van der Waals surface area contributed by atoms with Crippen molar-refractivity contribution in [2.45, 2.75) is 33.1 Å². The zero-order valence-electron chi connectivity index (χ0n) is 11.3. The molecule has 0 bridgehead atoms. The fraction of sp³-hybridized carbons (Fsp3) is 0.533. The van der Waals surface area contributed by atoms with Gasteiger partial charge in [-0.15, -0.1) is 0 Å². The van der Waals surface area contributed by atoms with Gasteiger partial charge in [0.1, 0.15) is 0 Å². The summed E-state index contributed by atoms with van der Waals surface area (Å²) in [6.07, 6.45) is 2.77. The third-order valence-electron chi connectivity index (χ3n) is 3.64. The first-order chi connectivity index (χ1) is 8.69. The molecule has 1 atom stereocenters. The Hall–Kier alpha value is -1.35. The molecule has 1 heterocycles. The molecule has 0 spiro atoms. The van der Waals surface area contributed by atoms with Gasteiger partial charge in [0.2, 0.25) is 5.91 Å². The van der Waals surface area contributed by atoms with Gasteiger partial charge in [0.25, 0.3) is 0 Å². The number of benzene rings is 1. The summed E-state index contributed by atoms with van der Waals surface area (Å²) in [6.45, 7) is 6.26. The molecule has 0 radical (unpaired) electrons. The van der Waals surface area contributed by atoms with Crippen LogP contribution in [-0.2, 0) is 11.2 Å². The van der Waals surface area contributed by atoms with E-state index in [0.717, 1.165) is 31.6 Å². The van der Waals surface area contributed by atoms with Gasteiger partial charge >= 0.3 is 0 Å². The van der Waals surface area contributed by atoms with Crippen LogP contribution in [0.1, 0.15) is 30.9 Å². The zero-order chi connectivity index (χ0) is 13.0. The van der Waals surface area contributed by atoms with Crippen molar-refractivity contribution in [2.75, 3.05) is 18.4 Å². The van der Waals surface area contributed by atoms with Crippen LogP contribution in [0.3, 0.4) is 0 Å². The quantitative estimate of drug-likeness (QED) is 0.857. The average Bonchev–Trinajstić information content (AvgIpc) is 2.82. The normalized spacial score (nSPS) is 18.9. The third-order valence-corrected chi connectivity index (χ3v) is 3.64. The van der Waals surface area contributed by atoms with Crippen molar-refractivity contribution in [2.24, 2.45) is 5.92 Å². The van der Waals surface area contributed by atoms with Gasteiger partial charge in [0, 0.05) is 12.1 Å².